The molecule has 0 saturated heterocycles. The van der Waals surface area contributed by atoms with E-state index in [2.05, 4.69) is 15.9 Å². The minimum absolute atomic E-state index is 0.159. The van der Waals surface area contributed by atoms with Crippen LogP contribution in [0.3, 0.4) is 0 Å². The third-order valence-corrected chi connectivity index (χ3v) is 4.46. The molecule has 3 heterocycles. The van der Waals surface area contributed by atoms with Gasteiger partial charge in [-0.1, -0.05) is 24.3 Å². The van der Waals surface area contributed by atoms with Crippen molar-refractivity contribution in [3.8, 4) is 22.8 Å². The van der Waals surface area contributed by atoms with Gasteiger partial charge in [0.05, 0.1) is 14.2 Å². The van der Waals surface area contributed by atoms with Gasteiger partial charge in [-0.15, -0.1) is 0 Å². The number of benzene rings is 1. The minimum Gasteiger partial charge on any atom is -0.454 e. The second-order valence-corrected chi connectivity index (χ2v) is 6.41. The molecule has 1 aromatic carbocycles. The van der Waals surface area contributed by atoms with Crippen molar-refractivity contribution >= 4 is 17.3 Å². The van der Waals surface area contributed by atoms with Gasteiger partial charge in [-0.05, 0) is 24.3 Å². The van der Waals surface area contributed by atoms with Crippen molar-refractivity contribution in [1.29, 1.82) is 10.8 Å². The molecule has 0 aliphatic rings. The van der Waals surface area contributed by atoms with Crippen molar-refractivity contribution < 1.29 is 14.1 Å². The number of hydroxylamine groups is 2. The molecule has 30 heavy (non-hydrogen) atoms. The molecule has 0 amide bonds. The fraction of sp³-hybridized carbons (Fsp3) is 0.0952. The lowest BCUT2D eigenvalue weighted by molar-refractivity contribution is 0.144. The van der Waals surface area contributed by atoms with E-state index in [0.29, 0.717) is 28.3 Å². The fourth-order valence-corrected chi connectivity index (χ4v) is 3.01. The predicted molar refractivity (Wildman–Crippen MR) is 112 cm³/mol. The first-order valence-electron chi connectivity index (χ1n) is 9.04. The second-order valence-electron chi connectivity index (χ2n) is 6.41. The van der Waals surface area contributed by atoms with Gasteiger partial charge in [0.25, 0.3) is 0 Å². The summed E-state index contributed by atoms with van der Waals surface area (Å²) in [5.41, 5.74) is 8.71. The van der Waals surface area contributed by atoms with Crippen LogP contribution in [0.4, 0.5) is 0 Å². The van der Waals surface area contributed by atoms with Crippen molar-refractivity contribution in [2.24, 2.45) is 0 Å². The standard InChI is InChI=1S/C21H20N6O3/c1-28-25-20(22)14-5-3-13(4-6-14)17-8-9-18(30-17)16-12-27-11-15(21(23)26-29-2)7-10-19(27)24-16/h3-12H,1-2H3,(H2,22,25)(H2,23,26). The first-order chi connectivity index (χ1) is 14.6. The lowest BCUT2D eigenvalue weighted by atomic mass is 10.1. The Hall–Kier alpha value is -3.95. The summed E-state index contributed by atoms with van der Waals surface area (Å²) < 4.78 is 7.84. The summed E-state index contributed by atoms with van der Waals surface area (Å²) in [6.07, 6.45) is 3.65. The van der Waals surface area contributed by atoms with Crippen LogP contribution in [0, 0.1) is 10.8 Å². The molecular formula is C21H20N6O3. The number of hydrogen-bond donors (Lipinski definition) is 4. The maximum Gasteiger partial charge on any atom is 0.154 e. The number of nitrogens with one attached hydrogen (secondary N) is 4. The molecule has 0 bridgehead atoms. The van der Waals surface area contributed by atoms with E-state index in [1.165, 1.54) is 14.2 Å². The number of furan rings is 1. The molecule has 4 N–H and O–H groups in total. The number of imidazole rings is 1. The van der Waals surface area contributed by atoms with Gasteiger partial charge in [-0.2, -0.15) is 0 Å². The molecule has 152 valence electrons. The zero-order valence-electron chi connectivity index (χ0n) is 16.4. The van der Waals surface area contributed by atoms with E-state index in [-0.39, 0.29) is 11.7 Å². The first-order valence-corrected chi connectivity index (χ1v) is 9.04. The van der Waals surface area contributed by atoms with E-state index in [1.54, 1.807) is 12.3 Å². The molecule has 4 rings (SSSR count). The Bertz CT molecular complexity index is 1210. The Kier molecular flexibility index (Phi) is 5.29. The molecule has 0 saturated carbocycles. The van der Waals surface area contributed by atoms with Gasteiger partial charge >= 0.3 is 0 Å². The number of fused-ring (bicyclic) bond motifs is 1. The Labute approximate surface area is 172 Å². The highest BCUT2D eigenvalue weighted by atomic mass is 16.6. The van der Waals surface area contributed by atoms with E-state index in [0.717, 1.165) is 11.2 Å². The summed E-state index contributed by atoms with van der Waals surface area (Å²) in [7, 11) is 2.93. The third kappa shape index (κ3) is 3.79. The average Bonchev–Trinajstić information content (AvgIpc) is 3.41. The molecule has 0 aliphatic carbocycles. The maximum atomic E-state index is 7.93. The molecule has 0 unspecified atom stereocenters. The average molecular weight is 404 g/mol. The zero-order valence-corrected chi connectivity index (χ0v) is 16.4. The summed E-state index contributed by atoms with van der Waals surface area (Å²) in [6, 6.07) is 14.8. The number of aromatic nitrogens is 2. The van der Waals surface area contributed by atoms with E-state index in [1.807, 2.05) is 53.1 Å². The molecule has 9 nitrogen and oxygen atoms in total. The number of nitrogens with zero attached hydrogens (tertiary/aromatic N) is 2. The Morgan fingerprint density at radius 3 is 2.17 bits per heavy atom. The summed E-state index contributed by atoms with van der Waals surface area (Å²) >= 11 is 0. The summed E-state index contributed by atoms with van der Waals surface area (Å²) in [5, 5.41) is 15.8. The van der Waals surface area contributed by atoms with Gasteiger partial charge in [0.15, 0.2) is 11.6 Å². The van der Waals surface area contributed by atoms with Crippen LogP contribution in [-0.2, 0) is 9.68 Å². The molecule has 4 aromatic rings. The molecule has 0 fully saturated rings. The van der Waals surface area contributed by atoms with Crippen LogP contribution in [0.15, 0.2) is 65.3 Å². The number of pyridine rings is 1. The van der Waals surface area contributed by atoms with Gasteiger partial charge in [-0.25, -0.2) is 15.9 Å². The van der Waals surface area contributed by atoms with Crippen molar-refractivity contribution in [1.82, 2.24) is 20.3 Å². The van der Waals surface area contributed by atoms with Gasteiger partial charge in [-0.3, -0.25) is 20.5 Å². The number of rotatable bonds is 6. The van der Waals surface area contributed by atoms with Gasteiger partial charge < -0.3 is 8.82 Å². The van der Waals surface area contributed by atoms with E-state index >= 15 is 0 Å². The van der Waals surface area contributed by atoms with E-state index in [9.17, 15) is 0 Å². The van der Waals surface area contributed by atoms with Crippen LogP contribution in [0.25, 0.3) is 28.4 Å². The van der Waals surface area contributed by atoms with E-state index < -0.39 is 0 Å². The highest BCUT2D eigenvalue weighted by molar-refractivity contribution is 5.96. The molecule has 0 atom stereocenters. The topological polar surface area (TPSA) is 121 Å². The minimum atomic E-state index is 0.159. The van der Waals surface area contributed by atoms with E-state index in [4.69, 9.17) is 24.9 Å². The van der Waals surface area contributed by atoms with Crippen molar-refractivity contribution in [2.45, 2.75) is 0 Å². The third-order valence-electron chi connectivity index (χ3n) is 4.46. The zero-order chi connectivity index (χ0) is 21.1. The monoisotopic (exact) mass is 404 g/mol. The molecular weight excluding hydrogens is 384 g/mol. The normalized spacial score (nSPS) is 10.9. The van der Waals surface area contributed by atoms with Gasteiger partial charge in [0.2, 0.25) is 0 Å². The molecule has 3 aromatic heterocycles. The van der Waals surface area contributed by atoms with Crippen molar-refractivity contribution in [2.75, 3.05) is 14.2 Å². The highest BCUT2D eigenvalue weighted by Gasteiger charge is 2.12. The quantitative estimate of drug-likeness (QED) is 0.222. The fourth-order valence-electron chi connectivity index (χ4n) is 3.01. The first kappa shape index (κ1) is 19.4. The van der Waals surface area contributed by atoms with Gasteiger partial charge in [0.1, 0.15) is 22.9 Å². The second kappa shape index (κ2) is 8.19. The summed E-state index contributed by atoms with van der Waals surface area (Å²) in [6.45, 7) is 0. The summed E-state index contributed by atoms with van der Waals surface area (Å²) in [4.78, 5) is 14.1. The summed E-state index contributed by atoms with van der Waals surface area (Å²) in [5.74, 6) is 1.68. The van der Waals surface area contributed by atoms with Crippen LogP contribution in [0.2, 0.25) is 0 Å². The van der Waals surface area contributed by atoms with Gasteiger partial charge in [0, 0.05) is 29.1 Å². The highest BCUT2D eigenvalue weighted by Crippen LogP contribution is 2.28. The van der Waals surface area contributed by atoms with Crippen molar-refractivity contribution in [3.63, 3.8) is 0 Å². The predicted octanol–water partition coefficient (Wildman–Crippen LogP) is 3.21. The largest absolute Gasteiger partial charge is 0.454 e. The lowest BCUT2D eigenvalue weighted by Gasteiger charge is -2.05. The molecule has 9 heteroatoms. The SMILES string of the molecule is CONC(=N)c1ccc(-c2ccc(-c3cn4cc(C(=N)NOC)ccc4n3)o2)cc1. The number of hydrogen-bond acceptors (Lipinski definition) is 6. The van der Waals surface area contributed by atoms with Crippen LogP contribution in [0.5, 0.6) is 0 Å². The van der Waals surface area contributed by atoms with Crippen LogP contribution >= 0.6 is 0 Å². The van der Waals surface area contributed by atoms with Crippen molar-refractivity contribution in [3.05, 3.63) is 72.1 Å². The van der Waals surface area contributed by atoms with Crippen LogP contribution < -0.4 is 11.0 Å². The molecule has 0 radical (unpaired) electrons. The lowest BCUT2D eigenvalue weighted by Crippen LogP contribution is -2.22. The number of amidine groups is 2. The Balaban J connectivity index is 1.58. The Morgan fingerprint density at radius 2 is 1.47 bits per heavy atom. The smallest absolute Gasteiger partial charge is 0.154 e. The molecule has 0 aliphatic heterocycles. The molecule has 0 spiro atoms. The Morgan fingerprint density at radius 1 is 0.833 bits per heavy atom. The van der Waals surface area contributed by atoms with Crippen LogP contribution in [0.1, 0.15) is 11.1 Å². The van der Waals surface area contributed by atoms with Crippen LogP contribution in [-0.4, -0.2) is 35.3 Å². The maximum absolute atomic E-state index is 7.93.